The summed E-state index contributed by atoms with van der Waals surface area (Å²) in [5, 5.41) is 4.07. The average Bonchev–Trinajstić information content (AvgIpc) is 2.39. The first-order chi connectivity index (χ1) is 9.11. The molecule has 100 valence electrons. The molecule has 2 aromatic rings. The molecule has 2 rings (SSSR count). The minimum atomic E-state index is -0.328. The van der Waals surface area contributed by atoms with E-state index in [1.54, 1.807) is 6.20 Å². The van der Waals surface area contributed by atoms with Crippen LogP contribution in [0.25, 0.3) is 0 Å². The maximum atomic E-state index is 13.3. The number of nitrogens with one attached hydrogen (secondary N) is 1. The van der Waals surface area contributed by atoms with Crippen molar-refractivity contribution in [2.45, 2.75) is 19.9 Å². The van der Waals surface area contributed by atoms with Gasteiger partial charge in [0, 0.05) is 11.2 Å². The SMILES string of the molecule is CCNC(c1cncc(F)c1)c1ccc(Cl)c(C)c1. The average molecular weight is 279 g/mol. The molecule has 0 saturated carbocycles. The molecular weight excluding hydrogens is 263 g/mol. The van der Waals surface area contributed by atoms with Gasteiger partial charge in [-0.05, 0) is 42.3 Å². The summed E-state index contributed by atoms with van der Waals surface area (Å²) in [6.07, 6.45) is 2.89. The van der Waals surface area contributed by atoms with Crippen LogP contribution in [0.4, 0.5) is 4.39 Å². The van der Waals surface area contributed by atoms with Gasteiger partial charge in [-0.2, -0.15) is 0 Å². The lowest BCUT2D eigenvalue weighted by Gasteiger charge is -2.19. The second-order valence-electron chi connectivity index (χ2n) is 4.44. The highest BCUT2D eigenvalue weighted by Crippen LogP contribution is 2.25. The normalized spacial score (nSPS) is 12.4. The van der Waals surface area contributed by atoms with Gasteiger partial charge in [0.2, 0.25) is 0 Å². The Labute approximate surface area is 117 Å². The van der Waals surface area contributed by atoms with E-state index >= 15 is 0 Å². The number of hydrogen-bond donors (Lipinski definition) is 1. The molecule has 0 saturated heterocycles. The number of aromatic nitrogens is 1. The zero-order chi connectivity index (χ0) is 13.8. The second-order valence-corrected chi connectivity index (χ2v) is 4.84. The summed E-state index contributed by atoms with van der Waals surface area (Å²) in [4.78, 5) is 3.91. The van der Waals surface area contributed by atoms with Crippen LogP contribution in [0, 0.1) is 12.7 Å². The van der Waals surface area contributed by atoms with Gasteiger partial charge in [-0.1, -0.05) is 30.7 Å². The van der Waals surface area contributed by atoms with E-state index < -0.39 is 0 Å². The van der Waals surface area contributed by atoms with Crippen molar-refractivity contribution < 1.29 is 4.39 Å². The Bertz CT molecular complexity index is 572. The highest BCUT2D eigenvalue weighted by atomic mass is 35.5. The molecule has 0 bridgehead atoms. The lowest BCUT2D eigenvalue weighted by Crippen LogP contribution is -2.22. The van der Waals surface area contributed by atoms with Crippen molar-refractivity contribution >= 4 is 11.6 Å². The van der Waals surface area contributed by atoms with E-state index in [9.17, 15) is 4.39 Å². The van der Waals surface area contributed by atoms with Gasteiger partial charge in [-0.3, -0.25) is 4.98 Å². The monoisotopic (exact) mass is 278 g/mol. The third-order valence-corrected chi connectivity index (χ3v) is 3.41. The van der Waals surface area contributed by atoms with Gasteiger partial charge in [0.15, 0.2) is 0 Å². The van der Waals surface area contributed by atoms with Gasteiger partial charge in [-0.25, -0.2) is 4.39 Å². The molecule has 1 heterocycles. The van der Waals surface area contributed by atoms with Gasteiger partial charge in [0.05, 0.1) is 12.2 Å². The van der Waals surface area contributed by atoms with Crippen molar-refractivity contribution in [1.29, 1.82) is 0 Å². The summed E-state index contributed by atoms with van der Waals surface area (Å²) in [5.74, 6) is -0.328. The molecule has 1 aromatic heterocycles. The fourth-order valence-corrected chi connectivity index (χ4v) is 2.18. The number of pyridine rings is 1. The smallest absolute Gasteiger partial charge is 0.141 e. The number of aryl methyl sites for hydroxylation is 1. The van der Waals surface area contributed by atoms with Gasteiger partial charge in [0.25, 0.3) is 0 Å². The molecular formula is C15H16ClFN2. The Hall–Kier alpha value is -1.45. The van der Waals surface area contributed by atoms with Crippen LogP contribution in [0.2, 0.25) is 5.02 Å². The fourth-order valence-electron chi connectivity index (χ4n) is 2.07. The number of benzene rings is 1. The number of rotatable bonds is 4. The maximum absolute atomic E-state index is 13.3. The molecule has 19 heavy (non-hydrogen) atoms. The van der Waals surface area contributed by atoms with Crippen molar-refractivity contribution in [3.8, 4) is 0 Å². The van der Waals surface area contributed by atoms with E-state index in [0.29, 0.717) is 0 Å². The summed E-state index contributed by atoms with van der Waals surface area (Å²) in [5.41, 5.74) is 2.87. The first kappa shape index (κ1) is 14.0. The minimum Gasteiger partial charge on any atom is -0.306 e. The lowest BCUT2D eigenvalue weighted by molar-refractivity contribution is 0.596. The Morgan fingerprint density at radius 3 is 2.68 bits per heavy atom. The molecule has 1 N–H and O–H groups in total. The summed E-state index contributed by atoms with van der Waals surface area (Å²) >= 11 is 6.04. The van der Waals surface area contributed by atoms with Gasteiger partial charge < -0.3 is 5.32 Å². The Kier molecular flexibility index (Phi) is 4.51. The third-order valence-electron chi connectivity index (χ3n) is 2.98. The summed E-state index contributed by atoms with van der Waals surface area (Å²) in [7, 11) is 0. The Morgan fingerprint density at radius 1 is 1.26 bits per heavy atom. The standard InChI is InChI=1S/C15H16ClFN2/c1-3-19-15(12-7-13(17)9-18-8-12)11-4-5-14(16)10(2)6-11/h4-9,15,19H,3H2,1-2H3. The van der Waals surface area contributed by atoms with Crippen LogP contribution < -0.4 is 5.32 Å². The molecule has 0 aliphatic carbocycles. The van der Waals surface area contributed by atoms with E-state index in [0.717, 1.165) is 28.3 Å². The second kappa shape index (κ2) is 6.13. The molecule has 0 radical (unpaired) electrons. The molecule has 4 heteroatoms. The minimum absolute atomic E-state index is 0.0795. The van der Waals surface area contributed by atoms with Crippen molar-refractivity contribution in [1.82, 2.24) is 10.3 Å². The van der Waals surface area contributed by atoms with Crippen LogP contribution >= 0.6 is 11.6 Å². The van der Waals surface area contributed by atoms with Crippen LogP contribution in [-0.2, 0) is 0 Å². The van der Waals surface area contributed by atoms with Crippen LogP contribution in [0.15, 0.2) is 36.7 Å². The van der Waals surface area contributed by atoms with Crippen LogP contribution in [0.5, 0.6) is 0 Å². The Morgan fingerprint density at radius 2 is 2.05 bits per heavy atom. The van der Waals surface area contributed by atoms with Crippen molar-refractivity contribution in [2.75, 3.05) is 6.54 Å². The lowest BCUT2D eigenvalue weighted by atomic mass is 9.98. The van der Waals surface area contributed by atoms with Crippen LogP contribution in [-0.4, -0.2) is 11.5 Å². The zero-order valence-electron chi connectivity index (χ0n) is 11.0. The van der Waals surface area contributed by atoms with Crippen molar-refractivity contribution in [3.05, 3.63) is 64.2 Å². The quantitative estimate of drug-likeness (QED) is 0.918. The number of hydrogen-bond acceptors (Lipinski definition) is 2. The molecule has 1 atom stereocenters. The molecule has 0 aliphatic heterocycles. The largest absolute Gasteiger partial charge is 0.306 e. The van der Waals surface area contributed by atoms with Crippen molar-refractivity contribution in [2.24, 2.45) is 0 Å². The Balaban J connectivity index is 2.42. The van der Waals surface area contributed by atoms with E-state index in [2.05, 4.69) is 10.3 Å². The molecule has 1 unspecified atom stereocenters. The summed E-state index contributed by atoms with van der Waals surface area (Å²) < 4.78 is 13.3. The van der Waals surface area contributed by atoms with E-state index in [1.807, 2.05) is 32.0 Å². The van der Waals surface area contributed by atoms with Gasteiger partial charge in [-0.15, -0.1) is 0 Å². The highest BCUT2D eigenvalue weighted by Gasteiger charge is 2.14. The van der Waals surface area contributed by atoms with E-state index in [4.69, 9.17) is 11.6 Å². The van der Waals surface area contributed by atoms with Gasteiger partial charge >= 0.3 is 0 Å². The van der Waals surface area contributed by atoms with E-state index in [-0.39, 0.29) is 11.9 Å². The number of nitrogens with zero attached hydrogens (tertiary/aromatic N) is 1. The molecule has 0 aliphatic rings. The number of halogens is 2. The van der Waals surface area contributed by atoms with Crippen LogP contribution in [0.1, 0.15) is 29.7 Å². The molecule has 0 spiro atoms. The summed E-state index contributed by atoms with van der Waals surface area (Å²) in [6, 6.07) is 7.26. The summed E-state index contributed by atoms with van der Waals surface area (Å²) in [6.45, 7) is 4.75. The first-order valence-electron chi connectivity index (χ1n) is 6.21. The molecule has 2 nitrogen and oxygen atoms in total. The predicted molar refractivity (Wildman–Crippen MR) is 75.9 cm³/mol. The maximum Gasteiger partial charge on any atom is 0.141 e. The first-order valence-corrected chi connectivity index (χ1v) is 6.59. The van der Waals surface area contributed by atoms with Crippen LogP contribution in [0.3, 0.4) is 0 Å². The zero-order valence-corrected chi connectivity index (χ0v) is 11.7. The van der Waals surface area contributed by atoms with E-state index in [1.165, 1.54) is 12.3 Å². The topological polar surface area (TPSA) is 24.9 Å². The molecule has 1 aromatic carbocycles. The fraction of sp³-hybridized carbons (Fsp3) is 0.267. The van der Waals surface area contributed by atoms with Crippen molar-refractivity contribution in [3.63, 3.8) is 0 Å². The van der Waals surface area contributed by atoms with Gasteiger partial charge in [0.1, 0.15) is 5.82 Å². The molecule has 0 fully saturated rings. The molecule has 0 amide bonds. The predicted octanol–water partition coefficient (Wildman–Crippen LogP) is 3.88. The third kappa shape index (κ3) is 3.31. The highest BCUT2D eigenvalue weighted by molar-refractivity contribution is 6.31.